The number of benzene rings is 1. The third-order valence-corrected chi connectivity index (χ3v) is 4.23. The maximum atomic E-state index is 12.5. The van der Waals surface area contributed by atoms with Crippen LogP contribution in [0.4, 0.5) is 0 Å². The van der Waals surface area contributed by atoms with Crippen LogP contribution in [-0.2, 0) is 9.53 Å². The predicted molar refractivity (Wildman–Crippen MR) is 100.0 cm³/mol. The van der Waals surface area contributed by atoms with Gasteiger partial charge in [-0.15, -0.1) is 0 Å². The molecule has 0 saturated carbocycles. The minimum atomic E-state index is -1.26. The zero-order chi connectivity index (χ0) is 21.7. The number of rotatable bonds is 8. The molecule has 2 rings (SSSR count). The van der Waals surface area contributed by atoms with Crippen molar-refractivity contribution in [1.82, 2.24) is 4.98 Å². The Morgan fingerprint density at radius 1 is 1.10 bits per heavy atom. The van der Waals surface area contributed by atoms with Gasteiger partial charge in [0, 0.05) is 12.1 Å². The number of carboxylic acid groups (broad SMARTS) is 1. The van der Waals surface area contributed by atoms with Crippen LogP contribution in [0.3, 0.4) is 0 Å². The number of carbonyl (C=O) groups excluding carboxylic acids is 1. The lowest BCUT2D eigenvalue weighted by Gasteiger charge is -2.20. The summed E-state index contributed by atoms with van der Waals surface area (Å²) in [6.45, 7) is 1.61. The molecule has 10 nitrogen and oxygen atoms in total. The van der Waals surface area contributed by atoms with E-state index in [2.05, 4.69) is 4.98 Å². The molecule has 1 aromatic carbocycles. The molecule has 10 heteroatoms. The van der Waals surface area contributed by atoms with Crippen molar-refractivity contribution < 1.29 is 39.1 Å². The number of aromatic nitrogens is 1. The van der Waals surface area contributed by atoms with E-state index in [1.807, 2.05) is 0 Å². The Morgan fingerprint density at radius 3 is 2.17 bits per heavy atom. The van der Waals surface area contributed by atoms with Gasteiger partial charge in [-0.25, -0.2) is 4.79 Å². The molecule has 4 N–H and O–H groups in total. The molecule has 156 valence electrons. The van der Waals surface area contributed by atoms with Gasteiger partial charge in [0.25, 0.3) is 5.56 Å². The number of carboxylic acids is 1. The van der Waals surface area contributed by atoms with E-state index < -0.39 is 35.6 Å². The monoisotopic (exact) mass is 407 g/mol. The molecule has 0 aliphatic carbocycles. The molecule has 29 heavy (non-hydrogen) atoms. The van der Waals surface area contributed by atoms with Crippen LogP contribution in [0, 0.1) is 0 Å². The standard InChI is InChI=1S/C19H21NO9/c1-4-29-19(26)11-8-20-18(25)15(16(11)23)10(7-14(21)22)9-5-12(27-2)17(24)13(6-9)28-3/h5-6,8,10,24H,4,7H2,1-3H3,(H,21,22)(H2,20,23,25)/t10-/m1/s1. The molecule has 0 aliphatic rings. The van der Waals surface area contributed by atoms with E-state index in [9.17, 15) is 29.7 Å². The van der Waals surface area contributed by atoms with Gasteiger partial charge >= 0.3 is 11.9 Å². The van der Waals surface area contributed by atoms with Gasteiger partial charge in [-0.3, -0.25) is 9.59 Å². The molecule has 0 spiro atoms. The second-order valence-electron chi connectivity index (χ2n) is 5.94. The van der Waals surface area contributed by atoms with Crippen LogP contribution in [0.15, 0.2) is 23.1 Å². The SMILES string of the molecule is CCOC(=O)c1c[nH]c(=O)c([C@H](CC(=O)O)c2cc(OC)c(O)c(OC)c2)c1O. The highest BCUT2D eigenvalue weighted by Crippen LogP contribution is 2.42. The highest BCUT2D eigenvalue weighted by molar-refractivity contribution is 5.92. The Labute approximate surface area is 165 Å². The Morgan fingerprint density at radius 2 is 1.69 bits per heavy atom. The molecule has 2 aromatic rings. The molecule has 1 atom stereocenters. The lowest BCUT2D eigenvalue weighted by molar-refractivity contribution is -0.137. The van der Waals surface area contributed by atoms with Crippen molar-refractivity contribution in [3.8, 4) is 23.0 Å². The first-order valence-electron chi connectivity index (χ1n) is 8.53. The Balaban J connectivity index is 2.75. The topological polar surface area (TPSA) is 155 Å². The molecule has 0 aliphatic heterocycles. The predicted octanol–water partition coefficient (Wildman–Crippen LogP) is 1.59. The first-order chi connectivity index (χ1) is 13.7. The van der Waals surface area contributed by atoms with Gasteiger partial charge in [0.1, 0.15) is 11.3 Å². The van der Waals surface area contributed by atoms with Gasteiger partial charge in [-0.2, -0.15) is 0 Å². The molecule has 0 radical (unpaired) electrons. The second-order valence-corrected chi connectivity index (χ2v) is 5.94. The first-order valence-corrected chi connectivity index (χ1v) is 8.53. The number of hydrogen-bond donors (Lipinski definition) is 4. The third-order valence-electron chi connectivity index (χ3n) is 4.23. The summed E-state index contributed by atoms with van der Waals surface area (Å²) in [6, 6.07) is 2.64. The van der Waals surface area contributed by atoms with Gasteiger partial charge in [0.2, 0.25) is 5.75 Å². The van der Waals surface area contributed by atoms with Gasteiger partial charge in [-0.05, 0) is 24.6 Å². The van der Waals surface area contributed by atoms with Crippen LogP contribution < -0.4 is 15.0 Å². The van der Waals surface area contributed by atoms with Crippen molar-refractivity contribution in [3.63, 3.8) is 0 Å². The van der Waals surface area contributed by atoms with Crippen molar-refractivity contribution in [2.24, 2.45) is 0 Å². The van der Waals surface area contributed by atoms with Crippen LogP contribution in [0.1, 0.15) is 40.7 Å². The minimum Gasteiger partial charge on any atom is -0.506 e. The Kier molecular flexibility index (Phi) is 6.71. The van der Waals surface area contributed by atoms with Crippen molar-refractivity contribution >= 4 is 11.9 Å². The largest absolute Gasteiger partial charge is 0.506 e. The number of nitrogens with one attached hydrogen (secondary N) is 1. The summed E-state index contributed by atoms with van der Waals surface area (Å²) < 4.78 is 15.0. The number of aromatic amines is 1. The number of pyridine rings is 1. The smallest absolute Gasteiger partial charge is 0.343 e. The van der Waals surface area contributed by atoms with Crippen LogP contribution in [-0.4, -0.2) is 53.1 Å². The molecule has 0 unspecified atom stereocenters. The van der Waals surface area contributed by atoms with E-state index in [-0.39, 0.29) is 40.5 Å². The fourth-order valence-corrected chi connectivity index (χ4v) is 2.90. The number of H-pyrrole nitrogens is 1. The highest BCUT2D eigenvalue weighted by atomic mass is 16.5. The summed E-state index contributed by atoms with van der Waals surface area (Å²) in [7, 11) is 2.58. The number of hydrogen-bond acceptors (Lipinski definition) is 8. The third kappa shape index (κ3) is 4.42. The van der Waals surface area contributed by atoms with Crippen molar-refractivity contribution in [2.75, 3.05) is 20.8 Å². The summed E-state index contributed by atoms with van der Waals surface area (Å²) in [5.41, 5.74) is -1.23. The van der Waals surface area contributed by atoms with E-state index in [0.717, 1.165) is 6.20 Å². The lowest BCUT2D eigenvalue weighted by Crippen LogP contribution is -2.22. The van der Waals surface area contributed by atoms with Gasteiger partial charge in [0.05, 0.1) is 32.8 Å². The molecular weight excluding hydrogens is 386 g/mol. The average molecular weight is 407 g/mol. The number of esters is 1. The summed E-state index contributed by atoms with van der Waals surface area (Å²) in [5, 5.41) is 30.0. The number of methoxy groups -OCH3 is 2. The molecular formula is C19H21NO9. The Hall–Kier alpha value is -3.69. The van der Waals surface area contributed by atoms with Crippen molar-refractivity contribution in [1.29, 1.82) is 0 Å². The number of phenolic OH excluding ortho intramolecular Hbond substituents is 1. The van der Waals surface area contributed by atoms with Gasteiger partial charge in [0.15, 0.2) is 11.5 Å². The zero-order valence-corrected chi connectivity index (χ0v) is 16.0. The van der Waals surface area contributed by atoms with Gasteiger partial charge < -0.3 is 34.5 Å². The lowest BCUT2D eigenvalue weighted by atomic mass is 9.87. The minimum absolute atomic E-state index is 0.0211. The van der Waals surface area contributed by atoms with Crippen LogP contribution in [0.5, 0.6) is 23.0 Å². The molecule has 1 heterocycles. The Bertz CT molecular complexity index is 955. The molecule has 0 amide bonds. The van der Waals surface area contributed by atoms with E-state index in [4.69, 9.17) is 14.2 Å². The highest BCUT2D eigenvalue weighted by Gasteiger charge is 2.29. The van der Waals surface area contributed by atoms with E-state index in [1.54, 1.807) is 6.92 Å². The maximum absolute atomic E-state index is 12.5. The number of aliphatic carboxylic acids is 1. The molecule has 0 saturated heterocycles. The summed E-state index contributed by atoms with van der Waals surface area (Å²) >= 11 is 0. The summed E-state index contributed by atoms with van der Waals surface area (Å²) in [4.78, 5) is 38.3. The van der Waals surface area contributed by atoms with E-state index in [0.29, 0.717) is 0 Å². The molecule has 0 fully saturated rings. The maximum Gasteiger partial charge on any atom is 0.343 e. The van der Waals surface area contributed by atoms with E-state index >= 15 is 0 Å². The number of aromatic hydroxyl groups is 2. The fraction of sp³-hybridized carbons (Fsp3) is 0.316. The first kappa shape index (κ1) is 21.6. The van der Waals surface area contributed by atoms with Crippen LogP contribution >= 0.6 is 0 Å². The number of carbonyl (C=O) groups is 2. The number of ether oxygens (including phenoxy) is 3. The summed E-state index contributed by atoms with van der Waals surface area (Å²) in [6.07, 6.45) is 0.398. The average Bonchev–Trinajstić information content (AvgIpc) is 2.67. The zero-order valence-electron chi connectivity index (χ0n) is 16.0. The van der Waals surface area contributed by atoms with Crippen molar-refractivity contribution in [3.05, 3.63) is 45.4 Å². The quantitative estimate of drug-likeness (QED) is 0.477. The van der Waals surface area contributed by atoms with Gasteiger partial charge in [-0.1, -0.05) is 0 Å². The molecule has 0 bridgehead atoms. The van der Waals surface area contributed by atoms with E-state index in [1.165, 1.54) is 26.4 Å². The van der Waals surface area contributed by atoms with Crippen LogP contribution in [0.25, 0.3) is 0 Å². The normalized spacial score (nSPS) is 11.6. The van der Waals surface area contributed by atoms with Crippen molar-refractivity contribution in [2.45, 2.75) is 19.3 Å². The summed E-state index contributed by atoms with van der Waals surface area (Å²) in [5.74, 6) is -4.37. The number of phenols is 1. The second kappa shape index (κ2) is 9.00. The van der Waals surface area contributed by atoms with Crippen LogP contribution in [0.2, 0.25) is 0 Å². The molecule has 1 aromatic heterocycles. The fourth-order valence-electron chi connectivity index (χ4n) is 2.90.